The normalized spacial score (nSPS) is 11.3. The molecule has 1 amide bonds. The third kappa shape index (κ3) is 8.37. The van der Waals surface area contributed by atoms with Crippen LogP contribution in [0.25, 0.3) is 0 Å². The number of rotatable bonds is 12. The number of carbonyl (C=O) groups excluding carboxylic acids is 2. The summed E-state index contributed by atoms with van der Waals surface area (Å²) in [6.07, 6.45) is 0.897. The van der Waals surface area contributed by atoms with Crippen LogP contribution in [0.1, 0.15) is 27.9 Å². The first kappa shape index (κ1) is 28.8. The molecule has 0 aromatic heterocycles. The lowest BCUT2D eigenvalue weighted by molar-refractivity contribution is -0.385. The summed E-state index contributed by atoms with van der Waals surface area (Å²) in [4.78, 5) is 40.0. The van der Waals surface area contributed by atoms with Crippen LogP contribution < -0.4 is 5.32 Å². The highest BCUT2D eigenvalue weighted by Gasteiger charge is 2.23. The fourth-order valence-electron chi connectivity index (χ4n) is 3.22. The first-order chi connectivity index (χ1) is 18.0. The van der Waals surface area contributed by atoms with Crippen molar-refractivity contribution in [1.29, 1.82) is 0 Å². The Hall–Kier alpha value is -3.80. The van der Waals surface area contributed by atoms with Gasteiger partial charge >= 0.3 is 0 Å². The second-order valence-electron chi connectivity index (χ2n) is 7.91. The second kappa shape index (κ2) is 13.1. The molecule has 0 aliphatic carbocycles. The van der Waals surface area contributed by atoms with Gasteiger partial charge in [-0.15, -0.1) is 0 Å². The van der Waals surface area contributed by atoms with Gasteiger partial charge < -0.3 is 10.2 Å². The molecule has 3 aromatic carbocycles. The Balaban J connectivity index is 1.57. The summed E-state index contributed by atoms with van der Waals surface area (Å²) in [5.74, 6) is -1.59. The zero-order valence-electron chi connectivity index (χ0n) is 19.7. The second-order valence-corrected chi connectivity index (χ2v) is 10.8. The number of oxime groups is 1. The zero-order valence-corrected chi connectivity index (χ0v) is 22.0. The number of hydrogen-bond acceptors (Lipinski definition) is 8. The summed E-state index contributed by atoms with van der Waals surface area (Å²) in [5.41, 5.74) is 0.339. The maximum absolute atomic E-state index is 12.8. The van der Waals surface area contributed by atoms with Crippen LogP contribution in [0.3, 0.4) is 0 Å². The van der Waals surface area contributed by atoms with Gasteiger partial charge in [-0.05, 0) is 54.1 Å². The summed E-state index contributed by atoms with van der Waals surface area (Å²) in [5, 5.41) is 18.6. The number of carbonyl (C=O) groups is 2. The fourth-order valence-corrected chi connectivity index (χ4v) is 4.83. The van der Waals surface area contributed by atoms with Gasteiger partial charge in [0.25, 0.3) is 11.6 Å². The molecule has 13 heteroatoms. The van der Waals surface area contributed by atoms with E-state index in [1.54, 1.807) is 24.3 Å². The predicted octanol–water partition coefficient (Wildman–Crippen LogP) is 4.77. The number of hydrogen-bond donors (Lipinski definition) is 1. The van der Waals surface area contributed by atoms with E-state index in [0.29, 0.717) is 10.0 Å². The van der Waals surface area contributed by atoms with Crippen molar-refractivity contribution in [3.63, 3.8) is 0 Å². The van der Waals surface area contributed by atoms with E-state index in [4.69, 9.17) is 28.0 Å². The summed E-state index contributed by atoms with van der Waals surface area (Å²) in [7, 11) is -3.95. The molecule has 10 nitrogen and oxygen atoms in total. The average Bonchev–Trinajstić information content (AvgIpc) is 2.88. The minimum Gasteiger partial charge on any atom is -0.386 e. The fraction of sp³-hybridized carbons (Fsp3) is 0.160. The smallest absolute Gasteiger partial charge is 0.273 e. The lowest BCUT2D eigenvalue weighted by Crippen LogP contribution is -2.26. The number of ketones is 1. The van der Waals surface area contributed by atoms with Crippen molar-refractivity contribution in [2.45, 2.75) is 23.6 Å². The molecule has 0 spiro atoms. The van der Waals surface area contributed by atoms with Crippen molar-refractivity contribution in [3.8, 4) is 0 Å². The van der Waals surface area contributed by atoms with E-state index < -0.39 is 37.9 Å². The Bertz CT molecular complexity index is 1460. The molecule has 38 heavy (non-hydrogen) atoms. The largest absolute Gasteiger partial charge is 0.386 e. The molecule has 0 bridgehead atoms. The molecule has 0 atom stereocenters. The van der Waals surface area contributed by atoms with Crippen molar-refractivity contribution in [2.24, 2.45) is 5.16 Å². The first-order valence-electron chi connectivity index (χ1n) is 11.0. The highest BCUT2D eigenvalue weighted by atomic mass is 35.5. The molecule has 3 rings (SSSR count). The van der Waals surface area contributed by atoms with Gasteiger partial charge in [-0.2, -0.15) is 0 Å². The van der Waals surface area contributed by atoms with Crippen molar-refractivity contribution in [2.75, 3.05) is 6.61 Å². The van der Waals surface area contributed by atoms with Crippen LogP contribution in [-0.2, 0) is 31.8 Å². The van der Waals surface area contributed by atoms with E-state index in [1.165, 1.54) is 36.4 Å². The van der Waals surface area contributed by atoms with Crippen molar-refractivity contribution in [1.82, 2.24) is 5.32 Å². The van der Waals surface area contributed by atoms with E-state index in [1.807, 2.05) is 0 Å². The van der Waals surface area contributed by atoms with Crippen LogP contribution in [-0.4, -0.2) is 37.9 Å². The predicted molar refractivity (Wildman–Crippen MR) is 142 cm³/mol. The molecule has 1 N–H and O–H groups in total. The third-order valence-electron chi connectivity index (χ3n) is 5.14. The van der Waals surface area contributed by atoms with Crippen LogP contribution in [0, 0.1) is 10.1 Å². The Kier molecular flexibility index (Phi) is 9.94. The minimum atomic E-state index is -3.95. The molecule has 0 aliphatic heterocycles. The molecule has 198 valence electrons. The Morgan fingerprint density at radius 2 is 1.63 bits per heavy atom. The maximum atomic E-state index is 12.8. The van der Waals surface area contributed by atoms with Gasteiger partial charge in [0.2, 0.25) is 0 Å². The number of halogens is 2. The topological polar surface area (TPSA) is 145 Å². The van der Waals surface area contributed by atoms with E-state index in [0.717, 1.165) is 17.8 Å². The maximum Gasteiger partial charge on any atom is 0.273 e. The van der Waals surface area contributed by atoms with Crippen LogP contribution in [0.5, 0.6) is 0 Å². The quantitative estimate of drug-likeness (QED) is 0.141. The Morgan fingerprint density at radius 1 is 1.00 bits per heavy atom. The number of nitrogens with zero attached hydrogens (tertiary/aromatic N) is 2. The average molecular weight is 578 g/mol. The number of nitrogens with one attached hydrogen (secondary N) is 1. The number of Topliss-reactive ketones (excluding diaryl/α,β-unsaturated/α-hetero) is 1. The van der Waals surface area contributed by atoms with E-state index in [-0.39, 0.29) is 35.6 Å². The Labute approximate surface area is 228 Å². The number of nitro groups is 1. The third-order valence-corrected chi connectivity index (χ3v) is 7.33. The van der Waals surface area contributed by atoms with Gasteiger partial charge in [-0.25, -0.2) is 8.42 Å². The van der Waals surface area contributed by atoms with Gasteiger partial charge in [-0.3, -0.25) is 19.7 Å². The molecule has 0 unspecified atom stereocenters. The molecular weight excluding hydrogens is 557 g/mol. The summed E-state index contributed by atoms with van der Waals surface area (Å²) in [6, 6.07) is 15.8. The van der Waals surface area contributed by atoms with E-state index in [9.17, 15) is 28.1 Å². The zero-order chi connectivity index (χ0) is 27.7. The van der Waals surface area contributed by atoms with Gasteiger partial charge in [0.1, 0.15) is 0 Å². The molecule has 0 fully saturated rings. The number of amides is 1. The molecule has 3 aromatic rings. The van der Waals surface area contributed by atoms with Crippen molar-refractivity contribution >= 4 is 56.6 Å². The number of nitro benzene ring substituents is 1. The van der Waals surface area contributed by atoms with E-state index >= 15 is 0 Å². The van der Waals surface area contributed by atoms with Crippen LogP contribution in [0.15, 0.2) is 76.8 Å². The van der Waals surface area contributed by atoms with Crippen molar-refractivity contribution in [3.05, 3.63) is 104 Å². The first-order valence-corrected chi connectivity index (χ1v) is 13.4. The SMILES string of the molecule is O=C(CO/N=C\CC(=O)c1ccc([N+](=O)[O-])c(CS(=O)(=O)c2ccc(Cl)cc2)c1)NCc1ccc(Cl)cc1. The molecule has 0 radical (unpaired) electrons. The highest BCUT2D eigenvalue weighted by Crippen LogP contribution is 2.26. The lowest BCUT2D eigenvalue weighted by atomic mass is 10.0. The molecule has 0 aliphatic rings. The Morgan fingerprint density at radius 3 is 2.26 bits per heavy atom. The highest BCUT2D eigenvalue weighted by molar-refractivity contribution is 7.90. The molecule has 0 saturated carbocycles. The van der Waals surface area contributed by atoms with Gasteiger partial charge in [0.15, 0.2) is 22.2 Å². The van der Waals surface area contributed by atoms with Crippen LogP contribution >= 0.6 is 23.2 Å². The van der Waals surface area contributed by atoms with E-state index in [2.05, 4.69) is 10.5 Å². The van der Waals surface area contributed by atoms with Gasteiger partial charge in [-0.1, -0.05) is 40.5 Å². The van der Waals surface area contributed by atoms with Gasteiger partial charge in [0, 0.05) is 40.2 Å². The number of benzene rings is 3. The number of sulfone groups is 1. The summed E-state index contributed by atoms with van der Waals surface area (Å²) in [6.45, 7) is -0.0969. The summed E-state index contributed by atoms with van der Waals surface area (Å²) < 4.78 is 25.6. The van der Waals surface area contributed by atoms with Crippen molar-refractivity contribution < 1.29 is 27.8 Å². The van der Waals surface area contributed by atoms with Gasteiger partial charge in [0.05, 0.1) is 21.8 Å². The van der Waals surface area contributed by atoms with Crippen LogP contribution in [0.4, 0.5) is 5.69 Å². The monoisotopic (exact) mass is 577 g/mol. The van der Waals surface area contributed by atoms with Crippen LogP contribution in [0.2, 0.25) is 10.0 Å². The summed E-state index contributed by atoms with van der Waals surface area (Å²) >= 11 is 11.6. The minimum absolute atomic E-state index is 0.0593. The molecule has 0 heterocycles. The molecule has 0 saturated heterocycles. The standard InChI is InChI=1S/C25H21Cl2N3O7S/c26-20-4-1-17(2-5-20)14-28-25(32)15-37-29-12-11-24(31)18-3-10-23(30(33)34)19(13-18)16-38(35,36)22-8-6-21(27)7-9-22/h1-10,12-13H,11,14-16H2,(H,28,32)/b29-12-. The lowest BCUT2D eigenvalue weighted by Gasteiger charge is -2.08. The molecular formula is C25H21Cl2N3O7S.